The summed E-state index contributed by atoms with van der Waals surface area (Å²) in [6, 6.07) is 9.56. The molecule has 6 nitrogen and oxygen atoms in total. The van der Waals surface area contributed by atoms with Gasteiger partial charge in [-0.1, -0.05) is 17.7 Å². The van der Waals surface area contributed by atoms with Crippen molar-refractivity contribution in [2.45, 2.75) is 0 Å². The molecule has 0 aliphatic carbocycles. The Hall–Kier alpha value is -2.65. The van der Waals surface area contributed by atoms with E-state index in [1.807, 2.05) is 6.07 Å². The highest BCUT2D eigenvalue weighted by Crippen LogP contribution is 2.11. The van der Waals surface area contributed by atoms with E-state index in [0.29, 0.717) is 11.3 Å². The third-order valence-corrected chi connectivity index (χ3v) is 2.40. The third-order valence-electron chi connectivity index (χ3n) is 2.19. The quantitative estimate of drug-likeness (QED) is 0.812. The van der Waals surface area contributed by atoms with E-state index in [1.165, 1.54) is 12.1 Å². The van der Waals surface area contributed by atoms with E-state index in [0.717, 1.165) is 0 Å². The molecule has 0 saturated carbocycles. The second-order valence-corrected chi connectivity index (χ2v) is 3.97. The van der Waals surface area contributed by atoms with Gasteiger partial charge in [0, 0.05) is 11.8 Å². The number of carbonyl (C=O) groups excluding carboxylic acids is 1. The standard InChI is InChI=1S/C12H7ClN4O2/c13-10-5-9(16-12(19)17-10)11(18)15-8-3-1-2-7(4-8)6-14/h1-5H,(H,15,18)(H,16,17,19). The third kappa shape index (κ3) is 3.18. The molecule has 0 fully saturated rings. The van der Waals surface area contributed by atoms with E-state index in [1.54, 1.807) is 18.2 Å². The summed E-state index contributed by atoms with van der Waals surface area (Å²) in [5.74, 6) is -0.580. The van der Waals surface area contributed by atoms with Crippen LogP contribution in [0.1, 0.15) is 16.1 Å². The summed E-state index contributed by atoms with van der Waals surface area (Å²) in [6.45, 7) is 0. The Morgan fingerprint density at radius 3 is 2.89 bits per heavy atom. The van der Waals surface area contributed by atoms with E-state index in [9.17, 15) is 9.59 Å². The molecule has 1 aromatic carbocycles. The molecule has 0 radical (unpaired) electrons. The van der Waals surface area contributed by atoms with Crippen LogP contribution in [0.3, 0.4) is 0 Å². The van der Waals surface area contributed by atoms with Crippen LogP contribution < -0.4 is 11.0 Å². The van der Waals surface area contributed by atoms with E-state index in [-0.39, 0.29) is 10.8 Å². The van der Waals surface area contributed by atoms with Gasteiger partial charge in [-0.05, 0) is 18.2 Å². The van der Waals surface area contributed by atoms with Crippen LogP contribution >= 0.6 is 11.6 Å². The lowest BCUT2D eigenvalue weighted by atomic mass is 10.2. The van der Waals surface area contributed by atoms with Crippen LogP contribution in [0.15, 0.2) is 35.1 Å². The molecule has 94 valence electrons. The lowest BCUT2D eigenvalue weighted by molar-refractivity contribution is 0.102. The minimum absolute atomic E-state index is 0.0240. The van der Waals surface area contributed by atoms with Crippen molar-refractivity contribution in [1.82, 2.24) is 9.97 Å². The topological polar surface area (TPSA) is 98.6 Å². The Kier molecular flexibility index (Phi) is 3.59. The highest BCUT2D eigenvalue weighted by atomic mass is 35.5. The number of carbonyl (C=O) groups is 1. The van der Waals surface area contributed by atoms with Gasteiger partial charge in [0.15, 0.2) is 0 Å². The van der Waals surface area contributed by atoms with Gasteiger partial charge in [-0.3, -0.25) is 9.78 Å². The Morgan fingerprint density at radius 1 is 1.42 bits per heavy atom. The normalized spacial score (nSPS) is 9.68. The maximum Gasteiger partial charge on any atom is 0.346 e. The summed E-state index contributed by atoms with van der Waals surface area (Å²) >= 11 is 5.63. The van der Waals surface area contributed by atoms with E-state index in [2.05, 4.69) is 15.3 Å². The van der Waals surface area contributed by atoms with Crippen LogP contribution in [0.4, 0.5) is 5.69 Å². The van der Waals surface area contributed by atoms with Crippen LogP contribution in [0.5, 0.6) is 0 Å². The van der Waals surface area contributed by atoms with E-state index >= 15 is 0 Å². The average Bonchev–Trinajstić information content (AvgIpc) is 2.37. The number of aromatic amines is 1. The molecule has 7 heteroatoms. The number of halogens is 1. The highest BCUT2D eigenvalue weighted by Gasteiger charge is 2.10. The number of hydrogen-bond acceptors (Lipinski definition) is 4. The monoisotopic (exact) mass is 274 g/mol. The van der Waals surface area contributed by atoms with Crippen molar-refractivity contribution >= 4 is 23.2 Å². The second kappa shape index (κ2) is 5.33. The molecule has 0 bridgehead atoms. The zero-order valence-electron chi connectivity index (χ0n) is 9.48. The van der Waals surface area contributed by atoms with Crippen molar-refractivity contribution in [3.8, 4) is 6.07 Å². The molecule has 1 heterocycles. The van der Waals surface area contributed by atoms with Crippen molar-refractivity contribution in [3.05, 3.63) is 57.2 Å². The number of nitriles is 1. The molecule has 2 N–H and O–H groups in total. The predicted molar refractivity (Wildman–Crippen MR) is 69.0 cm³/mol. The van der Waals surface area contributed by atoms with Gasteiger partial charge in [0.2, 0.25) is 0 Å². The number of nitrogens with zero attached hydrogens (tertiary/aromatic N) is 2. The summed E-state index contributed by atoms with van der Waals surface area (Å²) in [5.41, 5.74) is 0.0384. The molecular weight excluding hydrogens is 268 g/mol. The van der Waals surface area contributed by atoms with E-state index < -0.39 is 11.6 Å². The van der Waals surface area contributed by atoms with Gasteiger partial charge in [0.25, 0.3) is 5.91 Å². The summed E-state index contributed by atoms with van der Waals surface area (Å²) in [6.07, 6.45) is 0. The number of aromatic nitrogens is 2. The maximum atomic E-state index is 11.9. The van der Waals surface area contributed by atoms with Gasteiger partial charge >= 0.3 is 5.69 Å². The predicted octanol–water partition coefficient (Wildman–Crippen LogP) is 1.55. The zero-order valence-corrected chi connectivity index (χ0v) is 10.2. The number of rotatable bonds is 2. The van der Waals surface area contributed by atoms with Crippen LogP contribution in [0, 0.1) is 11.3 Å². The van der Waals surface area contributed by atoms with Gasteiger partial charge < -0.3 is 5.32 Å². The first-order chi connectivity index (χ1) is 9.08. The molecule has 0 atom stereocenters. The fraction of sp³-hybridized carbons (Fsp3) is 0. The van der Waals surface area contributed by atoms with Crippen molar-refractivity contribution in [2.75, 3.05) is 5.32 Å². The summed E-state index contributed by atoms with van der Waals surface area (Å²) < 4.78 is 0. The van der Waals surface area contributed by atoms with Crippen LogP contribution in [-0.4, -0.2) is 15.9 Å². The number of hydrogen-bond donors (Lipinski definition) is 2. The number of amides is 1. The fourth-order valence-electron chi connectivity index (χ4n) is 1.41. The molecule has 1 amide bonds. The first kappa shape index (κ1) is 12.8. The number of anilines is 1. The van der Waals surface area contributed by atoms with Crippen molar-refractivity contribution < 1.29 is 4.79 Å². The van der Waals surface area contributed by atoms with Crippen LogP contribution in [-0.2, 0) is 0 Å². The van der Waals surface area contributed by atoms with Gasteiger partial charge in [-0.2, -0.15) is 10.2 Å². The smallest absolute Gasteiger partial charge is 0.321 e. The van der Waals surface area contributed by atoms with Crippen LogP contribution in [0.2, 0.25) is 5.15 Å². The number of nitrogens with one attached hydrogen (secondary N) is 2. The molecule has 2 aromatic rings. The zero-order chi connectivity index (χ0) is 13.8. The molecule has 2 rings (SSSR count). The Balaban J connectivity index is 2.25. The Bertz CT molecular complexity index is 733. The average molecular weight is 275 g/mol. The van der Waals surface area contributed by atoms with Crippen molar-refractivity contribution in [2.24, 2.45) is 0 Å². The van der Waals surface area contributed by atoms with Gasteiger partial charge in [0.1, 0.15) is 10.8 Å². The Labute approximate surface area is 112 Å². The summed E-state index contributed by atoms with van der Waals surface area (Å²) in [4.78, 5) is 28.7. The first-order valence-corrected chi connectivity index (χ1v) is 5.54. The molecule has 0 aliphatic rings. The van der Waals surface area contributed by atoms with Crippen molar-refractivity contribution in [1.29, 1.82) is 5.26 Å². The van der Waals surface area contributed by atoms with Gasteiger partial charge in [0.05, 0.1) is 11.6 Å². The minimum atomic E-state index is -0.705. The SMILES string of the molecule is N#Cc1cccc(NC(=O)c2cc(Cl)[nH]c(=O)n2)c1. The minimum Gasteiger partial charge on any atom is -0.321 e. The molecule has 1 aromatic heterocycles. The molecule has 0 spiro atoms. The van der Waals surface area contributed by atoms with Gasteiger partial charge in [-0.25, -0.2) is 4.79 Å². The largest absolute Gasteiger partial charge is 0.346 e. The molecular formula is C12H7ClN4O2. The Morgan fingerprint density at radius 2 is 2.21 bits per heavy atom. The lowest BCUT2D eigenvalue weighted by Crippen LogP contribution is -2.20. The molecule has 0 saturated heterocycles. The van der Waals surface area contributed by atoms with Gasteiger partial charge in [-0.15, -0.1) is 0 Å². The van der Waals surface area contributed by atoms with Crippen molar-refractivity contribution in [3.63, 3.8) is 0 Å². The highest BCUT2D eigenvalue weighted by molar-refractivity contribution is 6.29. The molecule has 0 unspecified atom stereocenters. The van der Waals surface area contributed by atoms with E-state index in [4.69, 9.17) is 16.9 Å². The fourth-order valence-corrected chi connectivity index (χ4v) is 1.59. The first-order valence-electron chi connectivity index (χ1n) is 5.17. The molecule has 0 aliphatic heterocycles. The van der Waals surface area contributed by atoms with Crippen LogP contribution in [0.25, 0.3) is 0 Å². The number of benzene rings is 1. The lowest BCUT2D eigenvalue weighted by Gasteiger charge is -2.04. The number of H-pyrrole nitrogens is 1. The summed E-state index contributed by atoms with van der Waals surface area (Å²) in [5, 5.41) is 11.3. The molecule has 19 heavy (non-hydrogen) atoms. The summed E-state index contributed by atoms with van der Waals surface area (Å²) in [7, 11) is 0. The second-order valence-electron chi connectivity index (χ2n) is 3.57. The maximum absolute atomic E-state index is 11.9.